The van der Waals surface area contributed by atoms with E-state index in [4.69, 9.17) is 16.3 Å². The molecule has 1 atom stereocenters. The lowest BCUT2D eigenvalue weighted by Gasteiger charge is -2.30. The van der Waals surface area contributed by atoms with Crippen molar-refractivity contribution in [3.05, 3.63) is 88.9 Å². The van der Waals surface area contributed by atoms with Crippen molar-refractivity contribution in [1.29, 1.82) is 0 Å². The third kappa shape index (κ3) is 7.81. The van der Waals surface area contributed by atoms with Crippen molar-refractivity contribution in [3.8, 4) is 11.1 Å². The van der Waals surface area contributed by atoms with Crippen LogP contribution in [-0.2, 0) is 14.9 Å². The molecule has 8 heteroatoms. The van der Waals surface area contributed by atoms with Crippen LogP contribution in [0.1, 0.15) is 48.5 Å². The summed E-state index contributed by atoms with van der Waals surface area (Å²) in [6, 6.07) is 22.4. The summed E-state index contributed by atoms with van der Waals surface area (Å²) < 4.78 is 39.4. The highest BCUT2D eigenvalue weighted by Crippen LogP contribution is 2.37. The number of aryl methyl sites for hydroxylation is 1. The van der Waals surface area contributed by atoms with Gasteiger partial charge in [0.1, 0.15) is 5.25 Å². The maximum absolute atomic E-state index is 12.3. The Morgan fingerprint density at radius 1 is 0.919 bits per heavy atom. The third-order valence-corrected chi connectivity index (χ3v) is 8.52. The Hall–Kier alpha value is -2.87. The molecule has 2 N–H and O–H groups in total. The van der Waals surface area contributed by atoms with Gasteiger partial charge in [0.05, 0.1) is 6.61 Å². The summed E-state index contributed by atoms with van der Waals surface area (Å²) in [5.74, 6) is 0.426. The van der Waals surface area contributed by atoms with Crippen LogP contribution in [0.25, 0.3) is 11.1 Å². The number of nitrogens with one attached hydrogen (secondary N) is 1. The van der Waals surface area contributed by atoms with E-state index in [-0.39, 0.29) is 11.8 Å². The van der Waals surface area contributed by atoms with E-state index in [2.05, 4.69) is 5.32 Å². The quantitative estimate of drug-likeness (QED) is 0.285. The molecule has 1 fully saturated rings. The van der Waals surface area contributed by atoms with E-state index in [1.165, 1.54) is 0 Å². The van der Waals surface area contributed by atoms with Crippen LogP contribution < -0.4 is 5.32 Å². The maximum atomic E-state index is 12.3. The molecule has 3 aromatic carbocycles. The molecule has 0 aromatic heterocycles. The molecule has 3 aromatic rings. The first-order chi connectivity index (χ1) is 17.7. The van der Waals surface area contributed by atoms with Gasteiger partial charge in [-0.1, -0.05) is 78.5 Å². The second kappa shape index (κ2) is 12.1. The summed E-state index contributed by atoms with van der Waals surface area (Å²) in [4.78, 5) is 12.3. The van der Waals surface area contributed by atoms with Crippen molar-refractivity contribution in [2.45, 2.75) is 44.3 Å². The van der Waals surface area contributed by atoms with Crippen LogP contribution in [0.3, 0.4) is 0 Å². The number of hydrogen-bond acceptors (Lipinski definition) is 4. The predicted octanol–water partition coefficient (Wildman–Crippen LogP) is 7.69. The molecule has 1 saturated carbocycles. The molecule has 1 aliphatic rings. The van der Waals surface area contributed by atoms with E-state index >= 15 is 0 Å². The normalized spacial score (nSPS) is 18.7. The molecule has 1 amide bonds. The van der Waals surface area contributed by atoms with E-state index in [1.54, 1.807) is 12.1 Å². The third-order valence-electron chi connectivity index (χ3n) is 7.08. The minimum atomic E-state index is -4.20. The Bertz CT molecular complexity index is 1280. The fourth-order valence-corrected chi connectivity index (χ4v) is 6.03. The Morgan fingerprint density at radius 3 is 2.03 bits per heavy atom. The zero-order valence-corrected chi connectivity index (χ0v) is 22.3. The van der Waals surface area contributed by atoms with Crippen molar-refractivity contribution in [3.63, 3.8) is 0 Å². The Labute approximate surface area is 223 Å². The molecule has 0 radical (unpaired) electrons. The number of ether oxygens (including phenoxy) is 1. The van der Waals surface area contributed by atoms with Gasteiger partial charge in [-0.15, -0.1) is 0 Å². The van der Waals surface area contributed by atoms with Gasteiger partial charge in [0, 0.05) is 10.7 Å². The predicted molar refractivity (Wildman–Crippen MR) is 147 cm³/mol. The smallest absolute Gasteiger partial charge is 0.411 e. The summed E-state index contributed by atoms with van der Waals surface area (Å²) in [5.41, 5.74) is 4.37. The lowest BCUT2D eigenvalue weighted by molar-refractivity contribution is 0.119. The number of anilines is 1. The van der Waals surface area contributed by atoms with Crippen molar-refractivity contribution in [2.24, 2.45) is 11.8 Å². The van der Waals surface area contributed by atoms with Crippen LogP contribution in [0.15, 0.2) is 72.8 Å². The average molecular weight is 542 g/mol. The van der Waals surface area contributed by atoms with Crippen molar-refractivity contribution in [2.75, 3.05) is 11.9 Å². The van der Waals surface area contributed by atoms with E-state index in [0.717, 1.165) is 42.4 Å². The number of carbonyl (C=O) groups is 1. The summed E-state index contributed by atoms with van der Waals surface area (Å²) >= 11 is 5.95. The van der Waals surface area contributed by atoms with E-state index < -0.39 is 21.5 Å². The van der Waals surface area contributed by atoms with Gasteiger partial charge in [-0.05, 0) is 79.0 Å². The SMILES string of the molecule is Cc1ccc(C(CC2CCC(COC(=O)Nc3ccc(-c4ccc(Cl)cc4)cc3)CC2)S(=O)(=O)O)cc1. The van der Waals surface area contributed by atoms with E-state index in [1.807, 2.05) is 67.6 Å². The maximum Gasteiger partial charge on any atom is 0.411 e. The number of benzene rings is 3. The second-order valence-electron chi connectivity index (χ2n) is 9.84. The molecule has 196 valence electrons. The summed E-state index contributed by atoms with van der Waals surface area (Å²) in [7, 11) is -4.20. The average Bonchev–Trinajstić information content (AvgIpc) is 2.88. The highest BCUT2D eigenvalue weighted by atomic mass is 35.5. The standard InChI is InChI=1S/C29H32ClNO5S/c1-20-2-8-25(9-3-20)28(37(33,34)35)18-21-4-6-22(7-5-21)19-36-29(32)31-27-16-12-24(13-17-27)23-10-14-26(30)15-11-23/h2-3,8-17,21-22,28H,4-7,18-19H2,1H3,(H,31,32)(H,33,34,35). The molecule has 1 unspecified atom stereocenters. The molecule has 0 bridgehead atoms. The zero-order valence-electron chi connectivity index (χ0n) is 20.8. The largest absolute Gasteiger partial charge is 0.449 e. The van der Waals surface area contributed by atoms with Gasteiger partial charge in [0.15, 0.2) is 0 Å². The monoisotopic (exact) mass is 541 g/mol. The number of amides is 1. The van der Waals surface area contributed by atoms with Gasteiger partial charge in [0.25, 0.3) is 10.1 Å². The number of halogens is 1. The molecular formula is C29H32ClNO5S. The summed E-state index contributed by atoms with van der Waals surface area (Å²) in [6.45, 7) is 2.26. The second-order valence-corrected chi connectivity index (χ2v) is 11.9. The molecule has 4 rings (SSSR count). The first-order valence-corrected chi connectivity index (χ1v) is 14.4. The van der Waals surface area contributed by atoms with Crippen LogP contribution in [0.4, 0.5) is 10.5 Å². The Kier molecular flexibility index (Phi) is 8.90. The molecule has 37 heavy (non-hydrogen) atoms. The van der Waals surface area contributed by atoms with Crippen molar-refractivity contribution >= 4 is 33.5 Å². The molecule has 6 nitrogen and oxygen atoms in total. The highest BCUT2D eigenvalue weighted by molar-refractivity contribution is 7.86. The highest BCUT2D eigenvalue weighted by Gasteiger charge is 2.31. The van der Waals surface area contributed by atoms with Gasteiger partial charge in [-0.25, -0.2) is 4.79 Å². The lowest BCUT2D eigenvalue weighted by Crippen LogP contribution is -2.24. The van der Waals surface area contributed by atoms with Gasteiger partial charge in [-0.3, -0.25) is 9.87 Å². The Morgan fingerprint density at radius 2 is 1.46 bits per heavy atom. The van der Waals surface area contributed by atoms with Crippen LogP contribution in [0, 0.1) is 18.8 Å². The zero-order chi connectivity index (χ0) is 26.4. The number of hydrogen-bond donors (Lipinski definition) is 2. The van der Waals surface area contributed by atoms with Crippen LogP contribution in [0.5, 0.6) is 0 Å². The molecule has 0 aliphatic heterocycles. The minimum Gasteiger partial charge on any atom is -0.449 e. The Balaban J connectivity index is 1.22. The minimum absolute atomic E-state index is 0.192. The van der Waals surface area contributed by atoms with Gasteiger partial charge in [-0.2, -0.15) is 8.42 Å². The molecule has 0 saturated heterocycles. The first kappa shape index (κ1) is 27.2. The van der Waals surface area contributed by atoms with Crippen LogP contribution in [-0.4, -0.2) is 25.7 Å². The van der Waals surface area contributed by atoms with E-state index in [9.17, 15) is 17.8 Å². The fraction of sp³-hybridized carbons (Fsp3) is 0.345. The molecular weight excluding hydrogens is 510 g/mol. The molecule has 1 aliphatic carbocycles. The molecule has 0 spiro atoms. The van der Waals surface area contributed by atoms with Gasteiger partial charge < -0.3 is 4.74 Å². The van der Waals surface area contributed by atoms with Crippen molar-refractivity contribution < 1.29 is 22.5 Å². The number of carbonyl (C=O) groups excluding carboxylic acids is 1. The summed E-state index contributed by atoms with van der Waals surface area (Å²) in [5, 5.41) is 2.54. The van der Waals surface area contributed by atoms with Crippen LogP contribution >= 0.6 is 11.6 Å². The van der Waals surface area contributed by atoms with Crippen LogP contribution in [0.2, 0.25) is 5.02 Å². The van der Waals surface area contributed by atoms with E-state index in [0.29, 0.717) is 29.3 Å². The van der Waals surface area contributed by atoms with Gasteiger partial charge in [0.2, 0.25) is 0 Å². The van der Waals surface area contributed by atoms with Gasteiger partial charge >= 0.3 is 6.09 Å². The molecule has 0 heterocycles. The first-order valence-electron chi connectivity index (χ1n) is 12.5. The lowest BCUT2D eigenvalue weighted by atomic mass is 9.79. The van der Waals surface area contributed by atoms with Crippen molar-refractivity contribution in [1.82, 2.24) is 0 Å². The topological polar surface area (TPSA) is 92.7 Å². The fourth-order valence-electron chi connectivity index (χ4n) is 4.88. The number of rotatable bonds is 8. The summed E-state index contributed by atoms with van der Waals surface area (Å²) in [6.07, 6.45) is 3.26.